The lowest BCUT2D eigenvalue weighted by Gasteiger charge is -2.18. The van der Waals surface area contributed by atoms with Gasteiger partial charge in [0, 0.05) is 33.4 Å². The Hall–Kier alpha value is -9.37. The number of aryl methyl sites for hydroxylation is 4. The first-order chi connectivity index (χ1) is 43.0. The molecule has 0 fully saturated rings. The molecule has 0 radical (unpaired) electrons. The molecule has 1 aliphatic rings. The number of aliphatic imine (C=N–C) groups is 1. The lowest BCUT2D eigenvalue weighted by molar-refractivity contribution is 0.795. The minimum absolute atomic E-state index is 0.927. The number of nitrogens with zero attached hydrogens (tertiary/aromatic N) is 1. The van der Waals surface area contributed by atoms with Crippen molar-refractivity contribution in [1.29, 1.82) is 0 Å². The highest BCUT2D eigenvalue weighted by Crippen LogP contribution is 2.52. The van der Waals surface area contributed by atoms with E-state index in [9.17, 15) is 0 Å². The summed E-state index contributed by atoms with van der Waals surface area (Å²) < 4.78 is 0. The molecule has 1 aliphatic heterocycles. The maximum atomic E-state index is 6.21. The quantitative estimate of drug-likeness (QED) is 0.0661. The monoisotopic (exact) mass is 1130 g/mol. The average Bonchev–Trinajstić information content (AvgIpc) is 1.92. The van der Waals surface area contributed by atoms with Crippen molar-refractivity contribution in [2.75, 3.05) is 0 Å². The summed E-state index contributed by atoms with van der Waals surface area (Å²) in [6.07, 6.45) is 13.4. The number of hydrogen-bond donors (Lipinski definition) is 1. The van der Waals surface area contributed by atoms with Gasteiger partial charge in [0.05, 0.1) is 22.8 Å². The van der Waals surface area contributed by atoms with E-state index in [0.717, 1.165) is 161 Å². The minimum Gasteiger partial charge on any atom is -0.353 e. The average molecular weight is 1130 g/mol. The molecule has 11 aromatic rings. The molecular weight excluding hydrogens is 1050 g/mol. The summed E-state index contributed by atoms with van der Waals surface area (Å²) in [5.41, 5.74) is 30.0. The van der Waals surface area contributed by atoms with Crippen LogP contribution in [0, 0.1) is 0 Å². The standard InChI is InChI=1S/C85H80N2/c1-5-9-22-60-32-40-70(41-33-60)77-79(72-54-48-67(49-55-72)64-26-16-13-17-27-64)84(86-82(77)75-44-36-62(37-45-75)24-11-7-3)81(74-58-52-69(53-59-74)66-30-20-15-21-31-66)85-80(73-56-50-68(51-57-73)65-28-18-14-19-29-65)78(71-42-34-61(35-43-71)23-10-6-2)83(87-85)76-46-38-63(39-47-76)25-12-8-4/h13-21,26-59,86H,5-12,22-25H2,1-4H3/b85-81-. The van der Waals surface area contributed by atoms with Gasteiger partial charge in [-0.05, 0) is 140 Å². The molecule has 0 bridgehead atoms. The molecule has 0 amide bonds. The first-order valence-corrected chi connectivity index (χ1v) is 32.2. The fraction of sp³-hybridized carbons (Fsp3) is 0.188. The third kappa shape index (κ3) is 13.1. The van der Waals surface area contributed by atoms with Gasteiger partial charge >= 0.3 is 0 Å². The second-order valence-electron chi connectivity index (χ2n) is 23.6. The maximum absolute atomic E-state index is 6.21. The van der Waals surface area contributed by atoms with E-state index in [1.807, 2.05) is 0 Å². The number of unbranched alkanes of at least 4 members (excludes halogenated alkanes) is 4. The van der Waals surface area contributed by atoms with Crippen LogP contribution in [0.5, 0.6) is 0 Å². The summed E-state index contributed by atoms with van der Waals surface area (Å²) in [4.78, 5) is 10.6. The summed E-state index contributed by atoms with van der Waals surface area (Å²) in [5.74, 6) is 0. The summed E-state index contributed by atoms with van der Waals surface area (Å²) in [6, 6.07) is 97.8. The smallest absolute Gasteiger partial charge is 0.0822 e. The molecule has 0 aliphatic carbocycles. The third-order valence-electron chi connectivity index (χ3n) is 17.5. The van der Waals surface area contributed by atoms with Crippen LogP contribution in [0.25, 0.3) is 83.6 Å². The third-order valence-corrected chi connectivity index (χ3v) is 17.5. The topological polar surface area (TPSA) is 28.1 Å². The summed E-state index contributed by atoms with van der Waals surface area (Å²) in [6.45, 7) is 9.11. The van der Waals surface area contributed by atoms with Crippen molar-refractivity contribution in [3.63, 3.8) is 0 Å². The van der Waals surface area contributed by atoms with Gasteiger partial charge in [0.15, 0.2) is 0 Å². The van der Waals surface area contributed by atoms with Crippen molar-refractivity contribution in [3.8, 4) is 66.9 Å². The van der Waals surface area contributed by atoms with Gasteiger partial charge in [0.1, 0.15) is 0 Å². The SMILES string of the molecule is CCCCc1ccc(C2=N/C(=C(/c3ccc(-c4ccccc4)cc3)c3[nH]c(-c4ccc(CCCC)cc4)c(-c4ccc(CCCC)cc4)c3-c3ccc(-c4ccccc4)cc3)C(c3ccc(-c4ccccc4)cc3)=C2c2ccc(CCCC)cc2)cc1. The highest BCUT2D eigenvalue weighted by Gasteiger charge is 2.34. The number of allylic oxidation sites excluding steroid dienone is 2. The summed E-state index contributed by atoms with van der Waals surface area (Å²) >= 11 is 0. The van der Waals surface area contributed by atoms with Gasteiger partial charge in [-0.2, -0.15) is 0 Å². The van der Waals surface area contributed by atoms with Gasteiger partial charge in [-0.1, -0.05) is 314 Å². The zero-order valence-electron chi connectivity index (χ0n) is 51.3. The number of nitrogens with one attached hydrogen (secondary N) is 1. The second kappa shape index (κ2) is 27.8. The Kier molecular flexibility index (Phi) is 18.5. The molecule has 1 aromatic heterocycles. The van der Waals surface area contributed by atoms with Crippen LogP contribution in [0.4, 0.5) is 0 Å². The number of hydrogen-bond acceptors (Lipinski definition) is 1. The van der Waals surface area contributed by atoms with Crippen molar-refractivity contribution >= 4 is 22.4 Å². The lowest BCUT2D eigenvalue weighted by atomic mass is 9.84. The predicted octanol–water partition coefficient (Wildman–Crippen LogP) is 23.3. The maximum Gasteiger partial charge on any atom is 0.0822 e. The molecule has 10 aromatic carbocycles. The van der Waals surface area contributed by atoms with E-state index in [4.69, 9.17) is 4.99 Å². The molecular formula is C85H80N2. The predicted molar refractivity (Wildman–Crippen MR) is 373 cm³/mol. The van der Waals surface area contributed by atoms with E-state index < -0.39 is 0 Å². The first kappa shape index (κ1) is 58.0. The van der Waals surface area contributed by atoms with E-state index in [1.54, 1.807) is 0 Å². The van der Waals surface area contributed by atoms with Crippen molar-refractivity contribution in [3.05, 3.63) is 317 Å². The molecule has 2 nitrogen and oxygen atoms in total. The number of benzene rings is 10. The zero-order chi connectivity index (χ0) is 59.3. The van der Waals surface area contributed by atoms with Crippen LogP contribution >= 0.6 is 0 Å². The molecule has 0 unspecified atom stereocenters. The van der Waals surface area contributed by atoms with Crippen molar-refractivity contribution < 1.29 is 0 Å². The van der Waals surface area contributed by atoms with Gasteiger partial charge in [0.2, 0.25) is 0 Å². The molecule has 430 valence electrons. The first-order valence-electron chi connectivity index (χ1n) is 32.2. The van der Waals surface area contributed by atoms with Crippen LogP contribution in [0.15, 0.2) is 272 Å². The zero-order valence-corrected chi connectivity index (χ0v) is 51.3. The fourth-order valence-corrected chi connectivity index (χ4v) is 12.5. The molecule has 0 saturated carbocycles. The van der Waals surface area contributed by atoms with Crippen LogP contribution in [0.3, 0.4) is 0 Å². The largest absolute Gasteiger partial charge is 0.353 e. The number of aromatic nitrogens is 1. The minimum atomic E-state index is 0.927. The number of rotatable bonds is 23. The van der Waals surface area contributed by atoms with Gasteiger partial charge in [-0.3, -0.25) is 0 Å². The molecule has 0 spiro atoms. The normalized spacial score (nSPS) is 12.9. The highest BCUT2D eigenvalue weighted by molar-refractivity contribution is 6.42. The molecule has 0 saturated heterocycles. The second-order valence-corrected chi connectivity index (χ2v) is 23.6. The van der Waals surface area contributed by atoms with E-state index in [0.29, 0.717) is 0 Å². The molecule has 2 heterocycles. The van der Waals surface area contributed by atoms with Crippen LogP contribution in [0.2, 0.25) is 0 Å². The Bertz CT molecular complexity index is 4120. The number of H-pyrrole nitrogens is 1. The van der Waals surface area contributed by atoms with E-state index in [-0.39, 0.29) is 0 Å². The summed E-state index contributed by atoms with van der Waals surface area (Å²) in [7, 11) is 0. The molecule has 1 N–H and O–H groups in total. The van der Waals surface area contributed by atoms with Gasteiger partial charge in [-0.15, -0.1) is 0 Å². The van der Waals surface area contributed by atoms with Crippen molar-refractivity contribution in [1.82, 2.24) is 4.98 Å². The van der Waals surface area contributed by atoms with E-state index in [2.05, 4.69) is 294 Å². The van der Waals surface area contributed by atoms with Gasteiger partial charge < -0.3 is 4.98 Å². The van der Waals surface area contributed by atoms with Crippen molar-refractivity contribution in [2.24, 2.45) is 4.99 Å². The fourth-order valence-electron chi connectivity index (χ4n) is 12.5. The molecule has 12 rings (SSSR count). The van der Waals surface area contributed by atoms with Crippen LogP contribution in [-0.2, 0) is 25.7 Å². The van der Waals surface area contributed by atoms with E-state index >= 15 is 0 Å². The Morgan fingerprint density at radius 2 is 0.598 bits per heavy atom. The van der Waals surface area contributed by atoms with Crippen LogP contribution in [0.1, 0.15) is 129 Å². The molecule has 0 atom stereocenters. The Balaban J connectivity index is 1.22. The van der Waals surface area contributed by atoms with Crippen molar-refractivity contribution in [2.45, 2.75) is 105 Å². The lowest BCUT2D eigenvalue weighted by Crippen LogP contribution is -2.03. The Labute approximate surface area is 517 Å². The van der Waals surface area contributed by atoms with Crippen LogP contribution in [-0.4, -0.2) is 10.7 Å². The molecule has 87 heavy (non-hydrogen) atoms. The Morgan fingerprint density at radius 3 is 1.01 bits per heavy atom. The summed E-state index contributed by atoms with van der Waals surface area (Å²) in [5, 5.41) is 0. The van der Waals surface area contributed by atoms with Crippen LogP contribution < -0.4 is 0 Å². The van der Waals surface area contributed by atoms with Gasteiger partial charge in [0.25, 0.3) is 0 Å². The highest BCUT2D eigenvalue weighted by atomic mass is 14.8. The molecule has 2 heteroatoms. The number of aromatic amines is 1. The van der Waals surface area contributed by atoms with Gasteiger partial charge in [-0.25, -0.2) is 4.99 Å². The Morgan fingerprint density at radius 1 is 0.287 bits per heavy atom. The van der Waals surface area contributed by atoms with E-state index in [1.165, 1.54) is 61.2 Å².